The summed E-state index contributed by atoms with van der Waals surface area (Å²) in [6, 6.07) is 11.3. The smallest absolute Gasteiger partial charge is 0.325 e. The number of aliphatic hydroxyl groups is 1. The number of imide groups is 1. The van der Waals surface area contributed by atoms with Gasteiger partial charge in [0.1, 0.15) is 18.4 Å². The zero-order chi connectivity index (χ0) is 25.9. The normalized spacial score (nSPS) is 15.3. The van der Waals surface area contributed by atoms with E-state index in [0.717, 1.165) is 20.7 Å². The SMILES string of the molecule is O=C1NC(=O)N(CCc2ncsc2-c2nccn2-c2ccc(Br)cc2Cl)[C@H]1c1ccc(OCCO)cc1. The predicted molar refractivity (Wildman–Crippen MR) is 143 cm³/mol. The van der Waals surface area contributed by atoms with Crippen LogP contribution in [0.25, 0.3) is 16.4 Å². The van der Waals surface area contributed by atoms with Crippen molar-refractivity contribution >= 4 is 50.8 Å². The van der Waals surface area contributed by atoms with Gasteiger partial charge >= 0.3 is 6.03 Å². The van der Waals surface area contributed by atoms with Crippen molar-refractivity contribution in [3.05, 3.63) is 81.1 Å². The van der Waals surface area contributed by atoms with Crippen molar-refractivity contribution in [1.29, 1.82) is 0 Å². The van der Waals surface area contributed by atoms with Crippen LogP contribution in [0.3, 0.4) is 0 Å². The van der Waals surface area contributed by atoms with Gasteiger partial charge in [-0.25, -0.2) is 14.8 Å². The summed E-state index contributed by atoms with van der Waals surface area (Å²) in [5, 5.41) is 11.9. The number of nitrogens with one attached hydrogen (secondary N) is 1. The van der Waals surface area contributed by atoms with Crippen molar-refractivity contribution in [3.63, 3.8) is 0 Å². The van der Waals surface area contributed by atoms with E-state index in [4.69, 9.17) is 21.4 Å². The van der Waals surface area contributed by atoms with E-state index < -0.39 is 12.1 Å². The Morgan fingerprint density at radius 3 is 2.73 bits per heavy atom. The lowest BCUT2D eigenvalue weighted by Gasteiger charge is -2.22. The van der Waals surface area contributed by atoms with Crippen LogP contribution in [-0.2, 0) is 11.2 Å². The minimum absolute atomic E-state index is 0.0932. The van der Waals surface area contributed by atoms with Crippen LogP contribution in [0.1, 0.15) is 17.3 Å². The number of halogens is 2. The Morgan fingerprint density at radius 2 is 1.97 bits per heavy atom. The fraction of sp³-hybridized carbons (Fsp3) is 0.200. The molecule has 12 heteroatoms. The van der Waals surface area contributed by atoms with Gasteiger partial charge in [-0.1, -0.05) is 39.7 Å². The van der Waals surface area contributed by atoms with E-state index in [0.29, 0.717) is 28.6 Å². The molecule has 9 nitrogen and oxygen atoms in total. The molecule has 3 heterocycles. The summed E-state index contributed by atoms with van der Waals surface area (Å²) in [6.45, 7) is 0.363. The number of benzene rings is 2. The lowest BCUT2D eigenvalue weighted by atomic mass is 10.1. The first kappa shape index (κ1) is 25.4. The molecule has 1 aliphatic rings. The van der Waals surface area contributed by atoms with Crippen LogP contribution in [0.15, 0.2) is 64.8 Å². The molecule has 2 aromatic heterocycles. The molecule has 1 fully saturated rings. The molecule has 5 rings (SSSR count). The van der Waals surface area contributed by atoms with Crippen molar-refractivity contribution in [2.75, 3.05) is 19.8 Å². The Hall–Kier alpha value is -3.25. The second-order valence-electron chi connectivity index (χ2n) is 8.13. The van der Waals surface area contributed by atoms with Gasteiger partial charge in [-0.2, -0.15) is 0 Å². The van der Waals surface area contributed by atoms with Gasteiger partial charge < -0.3 is 14.7 Å². The lowest BCUT2D eigenvalue weighted by Crippen LogP contribution is -2.32. The van der Waals surface area contributed by atoms with Crippen LogP contribution < -0.4 is 10.1 Å². The number of nitrogens with zero attached hydrogens (tertiary/aromatic N) is 4. The highest BCUT2D eigenvalue weighted by atomic mass is 79.9. The Labute approximate surface area is 229 Å². The van der Waals surface area contributed by atoms with E-state index in [1.807, 2.05) is 29.0 Å². The highest BCUT2D eigenvalue weighted by Crippen LogP contribution is 2.33. The maximum atomic E-state index is 12.6. The number of hydrogen-bond acceptors (Lipinski definition) is 7. The van der Waals surface area contributed by atoms with Crippen molar-refractivity contribution in [1.82, 2.24) is 24.8 Å². The molecule has 0 unspecified atom stereocenters. The fourth-order valence-corrected chi connectivity index (χ4v) is 5.77. The second kappa shape index (κ2) is 11.0. The standard InChI is InChI=1S/C25H21BrClN5O4S/c26-16-3-6-20(18(27)13-16)31-10-8-28-23(31)22-19(29-14-37-22)7-9-32-21(24(34)30-25(32)35)15-1-4-17(5-2-15)36-12-11-33/h1-6,8,10,13-14,21,33H,7,9,11-12H2,(H,30,34,35)/t21-/m0/s1. The number of amides is 3. The molecule has 0 bridgehead atoms. The average Bonchev–Trinajstić information content (AvgIpc) is 3.60. The van der Waals surface area contributed by atoms with Gasteiger partial charge in [-0.15, -0.1) is 11.3 Å². The summed E-state index contributed by atoms with van der Waals surface area (Å²) in [4.78, 5) is 36.7. The minimum Gasteiger partial charge on any atom is -0.491 e. The molecular weight excluding hydrogens is 582 g/mol. The van der Waals surface area contributed by atoms with Crippen LogP contribution in [0.5, 0.6) is 5.75 Å². The highest BCUT2D eigenvalue weighted by molar-refractivity contribution is 9.10. The predicted octanol–water partition coefficient (Wildman–Crippen LogP) is 4.62. The van der Waals surface area contributed by atoms with Gasteiger partial charge in [0.15, 0.2) is 5.82 Å². The summed E-state index contributed by atoms with van der Waals surface area (Å²) in [7, 11) is 0. The monoisotopic (exact) mass is 601 g/mol. The maximum Gasteiger partial charge on any atom is 0.325 e. The molecule has 3 amide bonds. The minimum atomic E-state index is -0.759. The van der Waals surface area contributed by atoms with Crippen LogP contribution >= 0.6 is 38.9 Å². The molecule has 0 radical (unpaired) electrons. The van der Waals surface area contributed by atoms with Crippen LogP contribution in [-0.4, -0.2) is 56.2 Å². The number of ether oxygens (including phenoxy) is 1. The molecule has 1 atom stereocenters. The van der Waals surface area contributed by atoms with E-state index >= 15 is 0 Å². The van der Waals surface area contributed by atoms with E-state index in [2.05, 4.69) is 31.2 Å². The zero-order valence-electron chi connectivity index (χ0n) is 19.3. The van der Waals surface area contributed by atoms with E-state index in [9.17, 15) is 9.59 Å². The number of urea groups is 1. The third-order valence-electron chi connectivity index (χ3n) is 5.85. The molecule has 1 aliphatic heterocycles. The molecular formula is C25H21BrClN5O4S. The average molecular weight is 603 g/mol. The Balaban J connectivity index is 1.36. The van der Waals surface area contributed by atoms with Gasteiger partial charge in [-0.05, 0) is 35.9 Å². The Kier molecular flexibility index (Phi) is 7.56. The summed E-state index contributed by atoms with van der Waals surface area (Å²) in [5.74, 6) is 0.884. The van der Waals surface area contributed by atoms with Crippen LogP contribution in [0, 0.1) is 0 Å². The second-order valence-corrected chi connectivity index (χ2v) is 10.3. The van der Waals surface area contributed by atoms with Gasteiger partial charge in [0.25, 0.3) is 5.91 Å². The van der Waals surface area contributed by atoms with Gasteiger partial charge in [0.2, 0.25) is 0 Å². The first-order valence-corrected chi connectivity index (χ1v) is 13.4. The molecule has 0 saturated carbocycles. The number of aromatic nitrogens is 3. The van der Waals surface area contributed by atoms with Crippen molar-refractivity contribution in [2.24, 2.45) is 0 Å². The molecule has 0 aliphatic carbocycles. The number of carbonyl (C=O) groups is 2. The zero-order valence-corrected chi connectivity index (χ0v) is 22.5. The van der Waals surface area contributed by atoms with Crippen molar-refractivity contribution in [3.8, 4) is 22.1 Å². The summed E-state index contributed by atoms with van der Waals surface area (Å²) < 4.78 is 8.17. The first-order valence-electron chi connectivity index (χ1n) is 11.3. The maximum absolute atomic E-state index is 12.6. The van der Waals surface area contributed by atoms with Crippen LogP contribution in [0.2, 0.25) is 5.02 Å². The number of imidazole rings is 1. The molecule has 2 aromatic carbocycles. The largest absolute Gasteiger partial charge is 0.491 e. The summed E-state index contributed by atoms with van der Waals surface area (Å²) in [6.07, 6.45) is 3.97. The molecule has 0 spiro atoms. The lowest BCUT2D eigenvalue weighted by molar-refractivity contribution is -0.121. The third kappa shape index (κ3) is 5.26. The number of aliphatic hydroxyl groups excluding tert-OH is 1. The van der Waals surface area contributed by atoms with Crippen molar-refractivity contribution < 1.29 is 19.4 Å². The molecule has 2 N–H and O–H groups in total. The van der Waals surface area contributed by atoms with E-state index in [1.54, 1.807) is 36.0 Å². The third-order valence-corrected chi connectivity index (χ3v) is 7.51. The fourth-order valence-electron chi connectivity index (χ4n) is 4.17. The number of carbonyl (C=O) groups excluding carboxylic acids is 2. The topological polar surface area (TPSA) is 110 Å². The molecule has 190 valence electrons. The highest BCUT2D eigenvalue weighted by Gasteiger charge is 2.39. The van der Waals surface area contributed by atoms with Crippen molar-refractivity contribution in [2.45, 2.75) is 12.5 Å². The number of hydrogen-bond donors (Lipinski definition) is 2. The molecule has 1 saturated heterocycles. The van der Waals surface area contributed by atoms with Gasteiger partial charge in [0.05, 0.1) is 33.4 Å². The van der Waals surface area contributed by atoms with Gasteiger partial charge in [-0.3, -0.25) is 14.7 Å². The van der Waals surface area contributed by atoms with E-state index in [-0.39, 0.29) is 25.7 Å². The van der Waals surface area contributed by atoms with Gasteiger partial charge in [0, 0.05) is 29.8 Å². The number of rotatable bonds is 9. The number of thiazole rings is 1. The van der Waals surface area contributed by atoms with E-state index in [1.165, 1.54) is 16.2 Å². The molecule has 37 heavy (non-hydrogen) atoms. The molecule has 4 aromatic rings. The first-order chi connectivity index (χ1) is 18.0. The Bertz CT molecular complexity index is 1440. The summed E-state index contributed by atoms with van der Waals surface area (Å²) in [5.41, 5.74) is 3.96. The summed E-state index contributed by atoms with van der Waals surface area (Å²) >= 11 is 11.4. The quantitative estimate of drug-likeness (QED) is 0.271. The van der Waals surface area contributed by atoms with Crippen LogP contribution in [0.4, 0.5) is 4.79 Å². The Morgan fingerprint density at radius 1 is 1.16 bits per heavy atom.